The van der Waals surface area contributed by atoms with Gasteiger partial charge in [0.05, 0.1) is 27.5 Å². The lowest BCUT2D eigenvalue weighted by molar-refractivity contribution is -0.118. The first-order valence-corrected chi connectivity index (χ1v) is 13.2. The summed E-state index contributed by atoms with van der Waals surface area (Å²) in [6.07, 6.45) is 1.09. The minimum absolute atomic E-state index is 0.0329. The molecule has 0 saturated carbocycles. The molecule has 2 aliphatic rings. The monoisotopic (exact) mass is 548 g/mol. The van der Waals surface area contributed by atoms with Gasteiger partial charge in [0.25, 0.3) is 0 Å². The summed E-state index contributed by atoms with van der Waals surface area (Å²) in [7, 11) is 3.95. The zero-order chi connectivity index (χ0) is 27.2. The molecule has 6 nitrogen and oxygen atoms in total. The van der Waals surface area contributed by atoms with E-state index in [1.807, 2.05) is 67.5 Å². The van der Waals surface area contributed by atoms with Gasteiger partial charge in [-0.05, 0) is 59.9 Å². The molecule has 0 aromatic heterocycles. The van der Waals surface area contributed by atoms with E-state index in [9.17, 15) is 9.59 Å². The number of ketones is 1. The molecule has 2 amide bonds. The second-order valence-electron chi connectivity index (χ2n) is 10.8. The Morgan fingerprint density at radius 1 is 1.00 bits per heavy atom. The Labute approximate surface area is 233 Å². The van der Waals surface area contributed by atoms with Crippen molar-refractivity contribution in [2.24, 2.45) is 5.41 Å². The SMILES string of the molecule is CN(C)c1ccc([C@H]2C3=C(CC(C)(C)CC3=O)Nc3ccccc3N2C(=O)Nc2ccc(Cl)c(Cl)c2)cc1. The van der Waals surface area contributed by atoms with Crippen LogP contribution in [0.4, 0.5) is 27.5 Å². The molecule has 3 aromatic carbocycles. The highest BCUT2D eigenvalue weighted by atomic mass is 35.5. The maximum Gasteiger partial charge on any atom is 0.327 e. The molecule has 38 heavy (non-hydrogen) atoms. The van der Waals surface area contributed by atoms with Gasteiger partial charge in [-0.1, -0.05) is 61.3 Å². The fraction of sp³-hybridized carbons (Fsp3) is 0.267. The van der Waals surface area contributed by atoms with Gasteiger partial charge in [0.15, 0.2) is 5.78 Å². The lowest BCUT2D eigenvalue weighted by Gasteiger charge is -2.37. The standard InChI is InChI=1S/C30H30Cl2N4O2/c1-30(2)16-24-27(26(37)17-30)28(18-9-12-20(13-10-18)35(3)4)36(25-8-6-5-7-23(25)34-24)29(38)33-19-11-14-21(31)22(32)15-19/h5-15,28,34H,16-17H2,1-4H3,(H,33,38)/t28-/m0/s1. The van der Waals surface area contributed by atoms with E-state index < -0.39 is 6.04 Å². The van der Waals surface area contributed by atoms with E-state index in [0.717, 1.165) is 22.6 Å². The summed E-state index contributed by atoms with van der Waals surface area (Å²) in [5.74, 6) is 0.0329. The van der Waals surface area contributed by atoms with Gasteiger partial charge in [0, 0.05) is 43.2 Å². The summed E-state index contributed by atoms with van der Waals surface area (Å²) in [6.45, 7) is 4.20. The van der Waals surface area contributed by atoms with Gasteiger partial charge in [-0.3, -0.25) is 9.69 Å². The zero-order valence-electron chi connectivity index (χ0n) is 21.8. The second kappa shape index (κ2) is 10.0. The number of carbonyl (C=O) groups excluding carboxylic acids is 2. The number of para-hydroxylation sites is 2. The number of hydrogen-bond acceptors (Lipinski definition) is 4. The van der Waals surface area contributed by atoms with E-state index in [0.29, 0.717) is 39.8 Å². The van der Waals surface area contributed by atoms with Gasteiger partial charge >= 0.3 is 6.03 Å². The topological polar surface area (TPSA) is 64.7 Å². The molecule has 196 valence electrons. The molecule has 0 spiro atoms. The number of amides is 2. The molecule has 0 fully saturated rings. The highest BCUT2D eigenvalue weighted by molar-refractivity contribution is 6.42. The lowest BCUT2D eigenvalue weighted by atomic mass is 9.73. The highest BCUT2D eigenvalue weighted by Gasteiger charge is 2.43. The Morgan fingerprint density at radius 3 is 2.39 bits per heavy atom. The van der Waals surface area contributed by atoms with Gasteiger partial charge in [-0.15, -0.1) is 0 Å². The minimum atomic E-state index is -0.635. The average molecular weight is 550 g/mol. The predicted molar refractivity (Wildman–Crippen MR) is 157 cm³/mol. The molecule has 5 rings (SSSR count). The summed E-state index contributed by atoms with van der Waals surface area (Å²) in [5.41, 5.74) is 5.08. The normalized spacial score (nSPS) is 18.2. The number of halogens is 2. The number of benzene rings is 3. The van der Waals surface area contributed by atoms with Crippen molar-refractivity contribution in [3.8, 4) is 0 Å². The van der Waals surface area contributed by atoms with Crippen molar-refractivity contribution < 1.29 is 9.59 Å². The first kappa shape index (κ1) is 26.1. The number of allylic oxidation sites excluding steroid dienone is 1. The molecule has 0 radical (unpaired) electrons. The number of fused-ring (bicyclic) bond motifs is 1. The van der Waals surface area contributed by atoms with Gasteiger partial charge in [-0.2, -0.15) is 0 Å². The number of rotatable bonds is 3. The summed E-state index contributed by atoms with van der Waals surface area (Å²) in [4.78, 5) is 31.6. The van der Waals surface area contributed by atoms with Crippen molar-refractivity contribution in [2.75, 3.05) is 34.5 Å². The van der Waals surface area contributed by atoms with E-state index >= 15 is 0 Å². The van der Waals surface area contributed by atoms with Crippen LogP contribution in [0.2, 0.25) is 10.0 Å². The Kier molecular flexibility index (Phi) is 6.88. The van der Waals surface area contributed by atoms with Crippen LogP contribution in [0.1, 0.15) is 38.3 Å². The van der Waals surface area contributed by atoms with Gasteiger partial charge in [0.1, 0.15) is 0 Å². The smallest absolute Gasteiger partial charge is 0.327 e. The number of urea groups is 1. The number of Topliss-reactive ketones (excluding diaryl/α,β-unsaturated/α-hetero) is 1. The van der Waals surface area contributed by atoms with Crippen molar-refractivity contribution in [1.82, 2.24) is 0 Å². The van der Waals surface area contributed by atoms with Gasteiger partial charge in [-0.25, -0.2) is 4.79 Å². The molecule has 1 aliphatic carbocycles. The van der Waals surface area contributed by atoms with Crippen molar-refractivity contribution in [3.63, 3.8) is 0 Å². The van der Waals surface area contributed by atoms with E-state index in [4.69, 9.17) is 23.2 Å². The van der Waals surface area contributed by atoms with Crippen molar-refractivity contribution in [1.29, 1.82) is 0 Å². The Hall–Kier alpha value is -3.48. The van der Waals surface area contributed by atoms with Crippen LogP contribution in [0.15, 0.2) is 78.0 Å². The largest absolute Gasteiger partial charge is 0.378 e. The quantitative estimate of drug-likeness (QED) is 0.349. The first-order valence-electron chi connectivity index (χ1n) is 12.5. The van der Waals surface area contributed by atoms with E-state index in [1.165, 1.54) is 0 Å². The first-order chi connectivity index (χ1) is 18.0. The number of carbonyl (C=O) groups is 2. The molecule has 8 heteroatoms. The molecule has 2 N–H and O–H groups in total. The third-order valence-electron chi connectivity index (χ3n) is 7.02. The maximum absolute atomic E-state index is 14.1. The number of anilines is 4. The van der Waals surface area contributed by atoms with E-state index in [-0.39, 0.29) is 17.2 Å². The Bertz CT molecular complexity index is 1450. The van der Waals surface area contributed by atoms with Crippen LogP contribution in [-0.2, 0) is 4.79 Å². The van der Waals surface area contributed by atoms with Gasteiger partial charge < -0.3 is 15.5 Å². The highest BCUT2D eigenvalue weighted by Crippen LogP contribution is 2.48. The maximum atomic E-state index is 14.1. The number of hydrogen-bond donors (Lipinski definition) is 2. The Balaban J connectivity index is 1.70. The van der Waals surface area contributed by atoms with Crippen LogP contribution in [0, 0.1) is 5.41 Å². The average Bonchev–Trinajstić information content (AvgIpc) is 3.00. The molecule has 3 aromatic rings. The van der Waals surface area contributed by atoms with Crippen LogP contribution < -0.4 is 20.4 Å². The molecule has 0 unspecified atom stereocenters. The van der Waals surface area contributed by atoms with Crippen molar-refractivity contribution >= 4 is 57.8 Å². The van der Waals surface area contributed by atoms with E-state index in [2.05, 4.69) is 24.5 Å². The van der Waals surface area contributed by atoms with Crippen molar-refractivity contribution in [2.45, 2.75) is 32.7 Å². The van der Waals surface area contributed by atoms with Crippen LogP contribution in [-0.4, -0.2) is 25.9 Å². The molecule has 1 heterocycles. The van der Waals surface area contributed by atoms with Crippen LogP contribution in [0.3, 0.4) is 0 Å². The lowest BCUT2D eigenvalue weighted by Crippen LogP contribution is -2.41. The molecule has 1 aliphatic heterocycles. The summed E-state index contributed by atoms with van der Waals surface area (Å²) in [6, 6.07) is 19.6. The fourth-order valence-electron chi connectivity index (χ4n) is 5.24. The molecule has 1 atom stereocenters. The zero-order valence-corrected chi connectivity index (χ0v) is 23.3. The molecule has 0 bridgehead atoms. The van der Waals surface area contributed by atoms with Crippen molar-refractivity contribution in [3.05, 3.63) is 93.6 Å². The number of nitrogens with zero attached hydrogens (tertiary/aromatic N) is 2. The van der Waals surface area contributed by atoms with Gasteiger partial charge in [0.2, 0.25) is 0 Å². The second-order valence-corrected chi connectivity index (χ2v) is 11.6. The van der Waals surface area contributed by atoms with E-state index in [1.54, 1.807) is 23.1 Å². The summed E-state index contributed by atoms with van der Waals surface area (Å²) < 4.78 is 0. The van der Waals surface area contributed by atoms with Crippen LogP contribution >= 0.6 is 23.2 Å². The fourth-order valence-corrected chi connectivity index (χ4v) is 5.54. The third-order valence-corrected chi connectivity index (χ3v) is 7.75. The number of nitrogens with one attached hydrogen (secondary N) is 2. The van der Waals surface area contributed by atoms with Crippen LogP contribution in [0.5, 0.6) is 0 Å². The summed E-state index contributed by atoms with van der Waals surface area (Å²) in [5, 5.41) is 7.25. The predicted octanol–water partition coefficient (Wildman–Crippen LogP) is 7.91. The Morgan fingerprint density at radius 2 is 1.71 bits per heavy atom. The third kappa shape index (κ3) is 4.98. The molecular formula is C30H30Cl2N4O2. The molecular weight excluding hydrogens is 519 g/mol. The minimum Gasteiger partial charge on any atom is -0.378 e. The van der Waals surface area contributed by atoms with Crippen LogP contribution in [0.25, 0.3) is 0 Å². The molecule has 0 saturated heterocycles. The summed E-state index contributed by atoms with van der Waals surface area (Å²) >= 11 is 12.3.